The Labute approximate surface area is 145 Å². The predicted octanol–water partition coefficient (Wildman–Crippen LogP) is 2.15. The summed E-state index contributed by atoms with van der Waals surface area (Å²) < 4.78 is 28.7. The van der Waals surface area contributed by atoms with Gasteiger partial charge in [0.2, 0.25) is 5.91 Å². The second-order valence-corrected chi connectivity index (χ2v) is 9.13. The number of thiazole rings is 1. The number of nitrogens with zero attached hydrogens (tertiary/aromatic N) is 3. The minimum atomic E-state index is -3.97. The number of aryl methyl sites for hydroxylation is 2. The van der Waals surface area contributed by atoms with Crippen LogP contribution in [0.15, 0.2) is 17.6 Å². The number of rotatable bonds is 4. The fourth-order valence-corrected chi connectivity index (χ4v) is 4.79. The summed E-state index contributed by atoms with van der Waals surface area (Å²) in [5.41, 5.74) is 0.726. The zero-order valence-corrected chi connectivity index (χ0v) is 15.4. The average molecular weight is 368 g/mol. The van der Waals surface area contributed by atoms with Crippen LogP contribution < -0.4 is 4.72 Å². The molecule has 0 radical (unpaired) electrons. The first-order chi connectivity index (χ1) is 11.3. The molecule has 9 heteroatoms. The molecular weight excluding hydrogens is 348 g/mol. The molecule has 1 atom stereocenters. The molecule has 0 spiro atoms. The molecule has 7 nitrogen and oxygen atoms in total. The van der Waals surface area contributed by atoms with Crippen LogP contribution in [-0.4, -0.2) is 28.9 Å². The van der Waals surface area contributed by atoms with Crippen LogP contribution in [0.2, 0.25) is 0 Å². The third-order valence-corrected chi connectivity index (χ3v) is 6.34. The topological polar surface area (TPSA) is 94.0 Å². The van der Waals surface area contributed by atoms with Crippen LogP contribution in [0, 0.1) is 6.92 Å². The summed E-state index contributed by atoms with van der Waals surface area (Å²) in [5, 5.41) is 0.758. The molecule has 0 saturated carbocycles. The number of imidazole rings is 1. The lowest BCUT2D eigenvalue weighted by Crippen LogP contribution is -2.36. The number of carbonyl (C=O) groups excluding carboxylic acids is 1. The summed E-state index contributed by atoms with van der Waals surface area (Å²) in [7, 11) is -3.97. The van der Waals surface area contributed by atoms with Gasteiger partial charge in [-0.25, -0.2) is 14.7 Å². The highest BCUT2D eigenvalue weighted by atomic mass is 32.2. The maximum atomic E-state index is 12.5. The van der Waals surface area contributed by atoms with Crippen LogP contribution >= 0.6 is 11.3 Å². The van der Waals surface area contributed by atoms with E-state index in [9.17, 15) is 13.2 Å². The van der Waals surface area contributed by atoms with Gasteiger partial charge in [-0.2, -0.15) is 8.42 Å². The van der Waals surface area contributed by atoms with E-state index in [0.717, 1.165) is 28.4 Å². The first-order valence-electron chi connectivity index (χ1n) is 7.84. The van der Waals surface area contributed by atoms with Crippen molar-refractivity contribution < 1.29 is 13.2 Å². The molecule has 130 valence electrons. The van der Waals surface area contributed by atoms with Crippen LogP contribution in [0.1, 0.15) is 54.2 Å². The van der Waals surface area contributed by atoms with Crippen molar-refractivity contribution in [3.8, 4) is 0 Å². The predicted molar refractivity (Wildman–Crippen MR) is 90.5 cm³/mol. The highest BCUT2D eigenvalue weighted by Crippen LogP contribution is 2.34. The van der Waals surface area contributed by atoms with Crippen LogP contribution in [0.3, 0.4) is 0 Å². The van der Waals surface area contributed by atoms with Gasteiger partial charge in [0.1, 0.15) is 0 Å². The summed E-state index contributed by atoms with van der Waals surface area (Å²) in [6, 6.07) is 0.0936. The van der Waals surface area contributed by atoms with E-state index in [2.05, 4.69) is 14.7 Å². The van der Waals surface area contributed by atoms with Crippen LogP contribution in [0.5, 0.6) is 0 Å². The van der Waals surface area contributed by atoms with Crippen molar-refractivity contribution in [1.29, 1.82) is 0 Å². The molecule has 1 aliphatic rings. The largest absolute Gasteiger partial charge is 0.334 e. The molecule has 1 N–H and O–H groups in total. The van der Waals surface area contributed by atoms with E-state index >= 15 is 0 Å². The van der Waals surface area contributed by atoms with Gasteiger partial charge in [-0.1, -0.05) is 0 Å². The number of aromatic nitrogens is 3. The Balaban J connectivity index is 1.81. The zero-order valence-electron chi connectivity index (χ0n) is 13.8. The second-order valence-electron chi connectivity index (χ2n) is 6.21. The third kappa shape index (κ3) is 3.23. The summed E-state index contributed by atoms with van der Waals surface area (Å²) >= 11 is 1.58. The molecule has 0 bridgehead atoms. The summed E-state index contributed by atoms with van der Waals surface area (Å²) in [6.07, 6.45) is 5.24. The van der Waals surface area contributed by atoms with Gasteiger partial charge in [0.25, 0.3) is 10.0 Å². The summed E-state index contributed by atoms with van der Waals surface area (Å²) in [4.78, 5) is 22.0. The van der Waals surface area contributed by atoms with Gasteiger partial charge in [-0.05, 0) is 40.0 Å². The molecule has 2 aromatic heterocycles. The standard InChI is InChI=1S/C15H20N4O3S2/c1-9(2)19-7-13(16-8-19)24(21,22)18-15(20)11-5-4-6-12-14(11)17-10(3)23-12/h7-9,11H,4-6H2,1-3H3,(H,18,20). The first kappa shape index (κ1) is 17.1. The van der Waals surface area contributed by atoms with Gasteiger partial charge in [-0.15, -0.1) is 11.3 Å². The maximum Gasteiger partial charge on any atom is 0.283 e. The zero-order chi connectivity index (χ0) is 17.5. The average Bonchev–Trinajstić information content (AvgIpc) is 3.11. The Hall–Kier alpha value is -1.74. The van der Waals surface area contributed by atoms with E-state index in [1.165, 1.54) is 12.5 Å². The van der Waals surface area contributed by atoms with Crippen molar-refractivity contribution in [1.82, 2.24) is 19.3 Å². The van der Waals surface area contributed by atoms with Gasteiger partial charge < -0.3 is 4.57 Å². The fraction of sp³-hybridized carbons (Fsp3) is 0.533. The Morgan fingerprint density at radius 1 is 1.46 bits per heavy atom. The number of fused-ring (bicyclic) bond motifs is 1. The Morgan fingerprint density at radius 3 is 2.88 bits per heavy atom. The molecule has 0 fully saturated rings. The molecule has 1 unspecified atom stereocenters. The summed E-state index contributed by atoms with van der Waals surface area (Å²) in [5.74, 6) is -1.04. The fourth-order valence-electron chi connectivity index (χ4n) is 2.79. The van der Waals surface area contributed by atoms with Crippen molar-refractivity contribution in [2.24, 2.45) is 0 Å². The number of nitrogens with one attached hydrogen (secondary N) is 1. The molecule has 2 aromatic rings. The monoisotopic (exact) mass is 368 g/mol. The number of hydrogen-bond acceptors (Lipinski definition) is 6. The Kier molecular flexibility index (Phi) is 4.48. The number of hydrogen-bond donors (Lipinski definition) is 1. The van der Waals surface area contributed by atoms with Crippen molar-refractivity contribution in [3.05, 3.63) is 28.1 Å². The van der Waals surface area contributed by atoms with Gasteiger partial charge in [0.15, 0.2) is 5.03 Å². The first-order valence-corrected chi connectivity index (χ1v) is 10.1. The van der Waals surface area contributed by atoms with Crippen LogP contribution in [0.25, 0.3) is 0 Å². The van der Waals surface area contributed by atoms with E-state index in [0.29, 0.717) is 6.42 Å². The van der Waals surface area contributed by atoms with Crippen molar-refractivity contribution in [3.63, 3.8) is 0 Å². The quantitative estimate of drug-likeness (QED) is 0.892. The van der Waals surface area contributed by atoms with Gasteiger partial charge >= 0.3 is 0 Å². The van der Waals surface area contributed by atoms with Gasteiger partial charge in [0, 0.05) is 17.1 Å². The normalized spacial score (nSPS) is 17.8. The van der Waals surface area contributed by atoms with Crippen molar-refractivity contribution >= 4 is 27.3 Å². The molecule has 24 heavy (non-hydrogen) atoms. The maximum absolute atomic E-state index is 12.5. The van der Waals surface area contributed by atoms with E-state index in [1.54, 1.807) is 15.9 Å². The van der Waals surface area contributed by atoms with E-state index in [4.69, 9.17) is 0 Å². The third-order valence-electron chi connectivity index (χ3n) is 4.06. The van der Waals surface area contributed by atoms with E-state index in [-0.39, 0.29) is 11.1 Å². The lowest BCUT2D eigenvalue weighted by molar-refractivity contribution is -0.121. The Morgan fingerprint density at radius 2 is 2.21 bits per heavy atom. The number of carbonyl (C=O) groups is 1. The SMILES string of the molecule is Cc1nc2c(s1)CCCC2C(=O)NS(=O)(=O)c1cn(C(C)C)cn1. The molecule has 0 aliphatic heterocycles. The molecule has 3 rings (SSSR count). The number of amides is 1. The highest BCUT2D eigenvalue weighted by Gasteiger charge is 2.32. The van der Waals surface area contributed by atoms with Crippen molar-refractivity contribution in [2.45, 2.75) is 57.0 Å². The molecule has 0 saturated heterocycles. The molecule has 0 aromatic carbocycles. The Bertz CT molecular complexity index is 867. The van der Waals surface area contributed by atoms with Crippen LogP contribution in [0.4, 0.5) is 0 Å². The summed E-state index contributed by atoms with van der Waals surface area (Å²) in [6.45, 7) is 5.74. The molecule has 1 aliphatic carbocycles. The lowest BCUT2D eigenvalue weighted by Gasteiger charge is -2.20. The number of sulfonamides is 1. The second kappa shape index (κ2) is 6.29. The van der Waals surface area contributed by atoms with Gasteiger partial charge in [0.05, 0.1) is 22.9 Å². The van der Waals surface area contributed by atoms with Crippen LogP contribution in [-0.2, 0) is 21.2 Å². The molecular formula is C15H20N4O3S2. The molecule has 1 amide bonds. The lowest BCUT2D eigenvalue weighted by atomic mass is 9.90. The van der Waals surface area contributed by atoms with E-state index in [1.807, 2.05) is 20.8 Å². The molecule has 2 heterocycles. The van der Waals surface area contributed by atoms with Gasteiger partial charge in [-0.3, -0.25) is 4.79 Å². The highest BCUT2D eigenvalue weighted by molar-refractivity contribution is 7.90. The van der Waals surface area contributed by atoms with E-state index < -0.39 is 21.8 Å². The minimum absolute atomic E-state index is 0.0936. The minimum Gasteiger partial charge on any atom is -0.334 e. The smallest absolute Gasteiger partial charge is 0.283 e. The van der Waals surface area contributed by atoms with Crippen molar-refractivity contribution in [2.75, 3.05) is 0 Å².